The molecule has 1 atom stereocenters. The highest BCUT2D eigenvalue weighted by Crippen LogP contribution is 2.43. The van der Waals surface area contributed by atoms with Crippen molar-refractivity contribution in [1.29, 1.82) is 4.78 Å². The van der Waals surface area contributed by atoms with Crippen molar-refractivity contribution in [3.8, 4) is 11.8 Å². The lowest BCUT2D eigenvalue weighted by atomic mass is 9.75. The molecular formula is C24H23F4N5O4S. The van der Waals surface area contributed by atoms with Crippen LogP contribution in [-0.2, 0) is 21.5 Å². The first-order valence-corrected chi connectivity index (χ1v) is 13.2. The Hall–Kier alpha value is -3.65. The minimum Gasteiger partial charge on any atom is -0.418 e. The average Bonchev–Trinajstić information content (AvgIpc) is 2.79. The summed E-state index contributed by atoms with van der Waals surface area (Å²) in [5.74, 6) is -2.90. The van der Waals surface area contributed by atoms with Crippen molar-refractivity contribution in [1.82, 2.24) is 15.2 Å². The quantitative estimate of drug-likeness (QED) is 0.361. The van der Waals surface area contributed by atoms with E-state index in [0.717, 1.165) is 13.1 Å². The molecule has 202 valence electrons. The number of nitrogens with one attached hydrogen (secondary N) is 2. The van der Waals surface area contributed by atoms with Gasteiger partial charge in [-0.1, -0.05) is 6.07 Å². The number of hydrogen-bond acceptors (Lipinski definition) is 8. The van der Waals surface area contributed by atoms with Gasteiger partial charge in [0, 0.05) is 34.2 Å². The van der Waals surface area contributed by atoms with Gasteiger partial charge < -0.3 is 15.2 Å². The van der Waals surface area contributed by atoms with E-state index >= 15 is 4.39 Å². The molecule has 2 heterocycles. The molecule has 0 radical (unpaired) electrons. The van der Waals surface area contributed by atoms with Gasteiger partial charge in [-0.25, -0.2) is 18.4 Å². The number of benzene rings is 1. The first kappa shape index (κ1) is 27.4. The summed E-state index contributed by atoms with van der Waals surface area (Å²) in [6, 6.07) is 5.49. The van der Waals surface area contributed by atoms with E-state index in [4.69, 9.17) is 9.52 Å². The Morgan fingerprint density at radius 2 is 1.87 bits per heavy atom. The standard InChI is InChI=1S/C24H23F4N5O4S/c1-12-17(20(34)31-14-6-4-7-15(10-14)38(3,29)36)22(33-32-19(12)24(26,27)28)37-21-13(2)18(25)16(11-30-21)23(35)8-5-9-23/h4,6-7,10-11,29,35H,5,8-9H2,1-3H3,(H,31,34). The van der Waals surface area contributed by atoms with Crippen LogP contribution >= 0.6 is 0 Å². The number of aromatic nitrogens is 3. The van der Waals surface area contributed by atoms with Crippen LogP contribution in [0.5, 0.6) is 11.8 Å². The van der Waals surface area contributed by atoms with Crippen LogP contribution in [0, 0.1) is 24.4 Å². The Morgan fingerprint density at radius 3 is 2.45 bits per heavy atom. The van der Waals surface area contributed by atoms with Crippen LogP contribution in [0.4, 0.5) is 23.2 Å². The van der Waals surface area contributed by atoms with Crippen molar-refractivity contribution >= 4 is 21.3 Å². The minimum atomic E-state index is -4.94. The van der Waals surface area contributed by atoms with E-state index in [1.807, 2.05) is 0 Å². The van der Waals surface area contributed by atoms with Crippen LogP contribution < -0.4 is 10.1 Å². The van der Waals surface area contributed by atoms with Crippen molar-refractivity contribution < 1.29 is 36.4 Å². The highest BCUT2D eigenvalue weighted by Gasteiger charge is 2.40. The Labute approximate surface area is 215 Å². The van der Waals surface area contributed by atoms with Gasteiger partial charge in [0.2, 0.25) is 5.88 Å². The summed E-state index contributed by atoms with van der Waals surface area (Å²) in [6.07, 6.45) is -1.26. The number of alkyl halides is 3. The van der Waals surface area contributed by atoms with Crippen LogP contribution in [0.2, 0.25) is 0 Å². The van der Waals surface area contributed by atoms with E-state index in [9.17, 15) is 27.3 Å². The Bertz CT molecular complexity index is 1540. The maximum absolute atomic E-state index is 15.1. The molecule has 14 heteroatoms. The molecule has 1 unspecified atom stereocenters. The fraction of sp³-hybridized carbons (Fsp3) is 0.333. The molecule has 3 N–H and O–H groups in total. The zero-order valence-electron chi connectivity index (χ0n) is 20.4. The minimum absolute atomic E-state index is 0.0250. The fourth-order valence-corrected chi connectivity index (χ4v) is 4.68. The first-order valence-electron chi connectivity index (χ1n) is 11.3. The van der Waals surface area contributed by atoms with Gasteiger partial charge in [0.05, 0.1) is 15.3 Å². The second-order valence-corrected chi connectivity index (χ2v) is 11.2. The summed E-state index contributed by atoms with van der Waals surface area (Å²) < 4.78 is 81.1. The number of carbonyl (C=O) groups excluding carboxylic acids is 1. The van der Waals surface area contributed by atoms with Gasteiger partial charge in [-0.3, -0.25) is 4.79 Å². The summed E-state index contributed by atoms with van der Waals surface area (Å²) in [5.41, 5.74) is -4.13. The molecule has 0 aliphatic heterocycles. The Kier molecular flexibility index (Phi) is 6.91. The van der Waals surface area contributed by atoms with Crippen LogP contribution in [0.1, 0.15) is 52.0 Å². The van der Waals surface area contributed by atoms with Gasteiger partial charge in [0.15, 0.2) is 5.69 Å². The maximum atomic E-state index is 15.1. The molecule has 3 aromatic rings. The zero-order valence-corrected chi connectivity index (χ0v) is 21.3. The second kappa shape index (κ2) is 9.58. The van der Waals surface area contributed by atoms with E-state index in [0.29, 0.717) is 19.3 Å². The summed E-state index contributed by atoms with van der Waals surface area (Å²) in [6.45, 7) is 2.32. The molecule has 0 spiro atoms. The van der Waals surface area contributed by atoms with E-state index < -0.39 is 55.9 Å². The highest BCUT2D eigenvalue weighted by molar-refractivity contribution is 7.91. The van der Waals surface area contributed by atoms with Crippen molar-refractivity contribution in [2.45, 2.75) is 49.8 Å². The van der Waals surface area contributed by atoms with Gasteiger partial charge in [-0.15, -0.1) is 10.2 Å². The van der Waals surface area contributed by atoms with Gasteiger partial charge in [0.1, 0.15) is 11.4 Å². The number of aliphatic hydroxyl groups is 1. The second-order valence-electron chi connectivity index (χ2n) is 9.08. The third-order valence-corrected chi connectivity index (χ3v) is 7.45. The normalized spacial score (nSPS) is 16.3. The fourth-order valence-electron chi connectivity index (χ4n) is 3.99. The summed E-state index contributed by atoms with van der Waals surface area (Å²) >= 11 is 0. The lowest BCUT2D eigenvalue weighted by Gasteiger charge is -2.37. The van der Waals surface area contributed by atoms with Crippen molar-refractivity contribution in [3.63, 3.8) is 0 Å². The van der Waals surface area contributed by atoms with Gasteiger partial charge in [0.25, 0.3) is 11.8 Å². The summed E-state index contributed by atoms with van der Waals surface area (Å²) in [4.78, 5) is 17.3. The molecule has 0 saturated heterocycles. The number of nitrogens with zero attached hydrogens (tertiary/aromatic N) is 3. The number of hydrogen-bond donors (Lipinski definition) is 3. The number of pyridine rings is 1. The van der Waals surface area contributed by atoms with Crippen LogP contribution in [-0.4, -0.2) is 36.7 Å². The average molecular weight is 554 g/mol. The molecule has 4 rings (SSSR count). The third kappa shape index (κ3) is 5.18. The van der Waals surface area contributed by atoms with Crippen LogP contribution in [0.3, 0.4) is 0 Å². The van der Waals surface area contributed by atoms with E-state index in [1.165, 1.54) is 37.4 Å². The van der Waals surface area contributed by atoms with Crippen molar-refractivity contribution in [2.24, 2.45) is 0 Å². The van der Waals surface area contributed by atoms with E-state index in [2.05, 4.69) is 20.5 Å². The number of ether oxygens (including phenoxy) is 1. The SMILES string of the molecule is Cc1c(Oc2nnc(C(F)(F)F)c(C)c2C(=O)Nc2cccc(S(C)(=N)=O)c2)ncc(C2(O)CCC2)c1F. The zero-order chi connectivity index (χ0) is 28.0. The molecule has 38 heavy (non-hydrogen) atoms. The lowest BCUT2D eigenvalue weighted by Crippen LogP contribution is -2.35. The van der Waals surface area contributed by atoms with Crippen molar-refractivity contribution in [3.05, 3.63) is 64.2 Å². The number of amides is 1. The maximum Gasteiger partial charge on any atom is 0.435 e. The first-order chi connectivity index (χ1) is 17.6. The molecule has 2 aromatic heterocycles. The molecule has 1 aliphatic carbocycles. The number of rotatable bonds is 6. The molecule has 1 fully saturated rings. The monoisotopic (exact) mass is 553 g/mol. The smallest absolute Gasteiger partial charge is 0.418 e. The van der Waals surface area contributed by atoms with Gasteiger partial charge >= 0.3 is 6.18 Å². The number of halogens is 4. The number of carbonyl (C=O) groups is 1. The number of anilines is 1. The lowest BCUT2D eigenvalue weighted by molar-refractivity contribution is -0.142. The van der Waals surface area contributed by atoms with Crippen LogP contribution in [0.25, 0.3) is 0 Å². The molecular weight excluding hydrogens is 530 g/mol. The van der Waals surface area contributed by atoms with Gasteiger partial charge in [-0.2, -0.15) is 13.2 Å². The molecule has 1 saturated carbocycles. The van der Waals surface area contributed by atoms with E-state index in [1.54, 1.807) is 0 Å². The Morgan fingerprint density at radius 1 is 1.18 bits per heavy atom. The summed E-state index contributed by atoms with van der Waals surface area (Å²) in [7, 11) is -3.14. The molecule has 0 bridgehead atoms. The molecule has 1 aromatic carbocycles. The largest absolute Gasteiger partial charge is 0.435 e. The van der Waals surface area contributed by atoms with E-state index in [-0.39, 0.29) is 27.6 Å². The van der Waals surface area contributed by atoms with Crippen molar-refractivity contribution in [2.75, 3.05) is 11.6 Å². The summed E-state index contributed by atoms with van der Waals surface area (Å²) in [5, 5.41) is 19.5. The molecule has 1 amide bonds. The topological polar surface area (TPSA) is 138 Å². The highest BCUT2D eigenvalue weighted by atomic mass is 32.2. The Balaban J connectivity index is 1.76. The third-order valence-electron chi connectivity index (χ3n) is 6.29. The predicted octanol–water partition coefficient (Wildman–Crippen LogP) is 5.10. The molecule has 1 aliphatic rings. The predicted molar refractivity (Wildman–Crippen MR) is 128 cm³/mol. The van der Waals surface area contributed by atoms with Gasteiger partial charge in [-0.05, 0) is 56.9 Å². The molecule has 9 nitrogen and oxygen atoms in total. The van der Waals surface area contributed by atoms with Crippen LogP contribution in [0.15, 0.2) is 35.4 Å².